The van der Waals surface area contributed by atoms with Crippen molar-refractivity contribution >= 4 is 0 Å². The van der Waals surface area contributed by atoms with Gasteiger partial charge in [0.15, 0.2) is 0 Å². The standard InChI is InChI=1S/C13H13F2N/c14-11-7-6-10(8-12(15)13(11)16)9-4-2-1-3-5-9/h1-5,8,10H,6-7,16H2. The smallest absolute Gasteiger partial charge is 0.145 e. The van der Waals surface area contributed by atoms with Gasteiger partial charge in [0.1, 0.15) is 11.7 Å². The number of allylic oxidation sites excluding steroid dienone is 3. The quantitative estimate of drug-likeness (QED) is 0.771. The van der Waals surface area contributed by atoms with Gasteiger partial charge in [0.25, 0.3) is 0 Å². The Kier molecular flexibility index (Phi) is 3.04. The fourth-order valence-corrected chi connectivity index (χ4v) is 1.86. The van der Waals surface area contributed by atoms with Crippen LogP contribution in [0.15, 0.2) is 53.8 Å². The van der Waals surface area contributed by atoms with Crippen LogP contribution in [-0.4, -0.2) is 0 Å². The zero-order valence-electron chi connectivity index (χ0n) is 8.79. The largest absolute Gasteiger partial charge is 0.394 e. The molecule has 1 atom stereocenters. The first-order valence-electron chi connectivity index (χ1n) is 5.25. The van der Waals surface area contributed by atoms with Crippen LogP contribution < -0.4 is 5.73 Å². The maximum Gasteiger partial charge on any atom is 0.145 e. The molecule has 16 heavy (non-hydrogen) atoms. The summed E-state index contributed by atoms with van der Waals surface area (Å²) >= 11 is 0. The lowest BCUT2D eigenvalue weighted by atomic mass is 9.95. The van der Waals surface area contributed by atoms with E-state index >= 15 is 0 Å². The first-order chi connectivity index (χ1) is 7.68. The van der Waals surface area contributed by atoms with E-state index in [0.717, 1.165) is 5.56 Å². The zero-order chi connectivity index (χ0) is 11.5. The Morgan fingerprint density at radius 2 is 1.81 bits per heavy atom. The zero-order valence-corrected chi connectivity index (χ0v) is 8.79. The molecule has 0 saturated carbocycles. The third-order valence-corrected chi connectivity index (χ3v) is 2.80. The van der Waals surface area contributed by atoms with Crippen molar-refractivity contribution in [1.82, 2.24) is 0 Å². The molecule has 1 aliphatic rings. The molecular weight excluding hydrogens is 208 g/mol. The Hall–Kier alpha value is -1.64. The summed E-state index contributed by atoms with van der Waals surface area (Å²) in [6.07, 6.45) is 2.14. The molecule has 1 aliphatic carbocycles. The fourth-order valence-electron chi connectivity index (χ4n) is 1.86. The Bertz CT molecular complexity index is 435. The molecule has 1 nitrogen and oxygen atoms in total. The lowest BCUT2D eigenvalue weighted by Gasteiger charge is -2.10. The molecule has 0 bridgehead atoms. The Morgan fingerprint density at radius 1 is 1.12 bits per heavy atom. The van der Waals surface area contributed by atoms with Gasteiger partial charge in [-0.05, 0) is 18.1 Å². The van der Waals surface area contributed by atoms with E-state index in [1.807, 2.05) is 30.3 Å². The maximum absolute atomic E-state index is 13.5. The van der Waals surface area contributed by atoms with Gasteiger partial charge in [0.05, 0.1) is 5.70 Å². The second-order valence-corrected chi connectivity index (χ2v) is 3.89. The minimum atomic E-state index is -0.649. The summed E-state index contributed by atoms with van der Waals surface area (Å²) in [6.45, 7) is 0. The summed E-state index contributed by atoms with van der Waals surface area (Å²) in [5.41, 5.74) is 5.96. The first kappa shape index (κ1) is 10.9. The van der Waals surface area contributed by atoms with E-state index in [2.05, 4.69) is 0 Å². The lowest BCUT2D eigenvalue weighted by Crippen LogP contribution is -1.99. The van der Waals surface area contributed by atoms with Crippen LogP contribution in [0.25, 0.3) is 0 Å². The van der Waals surface area contributed by atoms with Crippen LogP contribution in [0, 0.1) is 0 Å². The van der Waals surface area contributed by atoms with Crippen molar-refractivity contribution in [1.29, 1.82) is 0 Å². The molecule has 0 aliphatic heterocycles. The summed E-state index contributed by atoms with van der Waals surface area (Å²) in [7, 11) is 0. The molecule has 0 spiro atoms. The first-order valence-corrected chi connectivity index (χ1v) is 5.25. The van der Waals surface area contributed by atoms with Crippen LogP contribution in [0.1, 0.15) is 24.3 Å². The number of benzene rings is 1. The molecule has 0 amide bonds. The summed E-state index contributed by atoms with van der Waals surface area (Å²) < 4.78 is 26.7. The number of rotatable bonds is 1. The lowest BCUT2D eigenvalue weighted by molar-refractivity contribution is 0.551. The van der Waals surface area contributed by atoms with Crippen molar-refractivity contribution in [3.8, 4) is 0 Å². The van der Waals surface area contributed by atoms with E-state index in [0.29, 0.717) is 6.42 Å². The van der Waals surface area contributed by atoms with Gasteiger partial charge < -0.3 is 5.73 Å². The Labute approximate surface area is 93.3 Å². The van der Waals surface area contributed by atoms with Crippen LogP contribution in [0.4, 0.5) is 8.78 Å². The summed E-state index contributed by atoms with van der Waals surface area (Å²) in [4.78, 5) is 0. The maximum atomic E-state index is 13.5. The molecule has 3 heteroatoms. The molecule has 2 N–H and O–H groups in total. The number of hydrogen-bond acceptors (Lipinski definition) is 1. The van der Waals surface area contributed by atoms with Gasteiger partial charge in [0.2, 0.25) is 0 Å². The second kappa shape index (κ2) is 4.47. The van der Waals surface area contributed by atoms with Gasteiger partial charge in [-0.15, -0.1) is 0 Å². The molecule has 84 valence electrons. The summed E-state index contributed by atoms with van der Waals surface area (Å²) in [6, 6.07) is 9.49. The van der Waals surface area contributed by atoms with E-state index in [1.54, 1.807) is 0 Å². The van der Waals surface area contributed by atoms with Crippen molar-refractivity contribution in [2.24, 2.45) is 5.73 Å². The highest BCUT2D eigenvalue weighted by Crippen LogP contribution is 2.32. The predicted octanol–water partition coefficient (Wildman–Crippen LogP) is 3.56. The van der Waals surface area contributed by atoms with Gasteiger partial charge in [0, 0.05) is 12.3 Å². The van der Waals surface area contributed by atoms with Crippen molar-refractivity contribution in [2.75, 3.05) is 0 Å². The minimum Gasteiger partial charge on any atom is -0.394 e. The molecule has 1 aromatic rings. The van der Waals surface area contributed by atoms with Crippen LogP contribution in [0.5, 0.6) is 0 Å². The van der Waals surface area contributed by atoms with Crippen LogP contribution in [-0.2, 0) is 0 Å². The van der Waals surface area contributed by atoms with Gasteiger partial charge in [-0.25, -0.2) is 8.78 Å². The molecular formula is C13H13F2N. The van der Waals surface area contributed by atoms with Gasteiger partial charge >= 0.3 is 0 Å². The van der Waals surface area contributed by atoms with Gasteiger partial charge in [-0.2, -0.15) is 0 Å². The highest BCUT2D eigenvalue weighted by molar-refractivity contribution is 5.33. The average molecular weight is 221 g/mol. The van der Waals surface area contributed by atoms with E-state index in [1.165, 1.54) is 6.08 Å². The van der Waals surface area contributed by atoms with E-state index in [9.17, 15) is 8.78 Å². The number of nitrogens with two attached hydrogens (primary N) is 1. The molecule has 0 aromatic heterocycles. The molecule has 0 saturated heterocycles. The van der Waals surface area contributed by atoms with Crippen LogP contribution in [0.3, 0.4) is 0 Å². The summed E-state index contributed by atoms with van der Waals surface area (Å²) in [5.74, 6) is -1.30. The second-order valence-electron chi connectivity index (χ2n) is 3.89. The number of halogens is 2. The fraction of sp³-hybridized carbons (Fsp3) is 0.231. The number of hydrogen-bond donors (Lipinski definition) is 1. The molecule has 1 unspecified atom stereocenters. The summed E-state index contributed by atoms with van der Waals surface area (Å²) in [5, 5.41) is 0. The third kappa shape index (κ3) is 2.13. The molecule has 2 rings (SSSR count). The normalized spacial score (nSPS) is 21.6. The van der Waals surface area contributed by atoms with Gasteiger partial charge in [-0.3, -0.25) is 0 Å². The van der Waals surface area contributed by atoms with E-state index < -0.39 is 11.7 Å². The van der Waals surface area contributed by atoms with Crippen molar-refractivity contribution in [3.63, 3.8) is 0 Å². The molecule has 0 radical (unpaired) electrons. The average Bonchev–Trinajstić information content (AvgIpc) is 2.44. The molecule has 1 aromatic carbocycles. The highest BCUT2D eigenvalue weighted by Gasteiger charge is 2.19. The Morgan fingerprint density at radius 3 is 2.50 bits per heavy atom. The Balaban J connectivity index is 2.29. The molecule has 0 fully saturated rings. The molecule has 0 heterocycles. The third-order valence-electron chi connectivity index (χ3n) is 2.80. The van der Waals surface area contributed by atoms with E-state index in [-0.39, 0.29) is 18.0 Å². The highest BCUT2D eigenvalue weighted by atomic mass is 19.1. The topological polar surface area (TPSA) is 26.0 Å². The SMILES string of the molecule is NC1=C(F)CCC(c2ccccc2)C=C1F. The van der Waals surface area contributed by atoms with Crippen molar-refractivity contribution < 1.29 is 8.78 Å². The van der Waals surface area contributed by atoms with Crippen molar-refractivity contribution in [3.05, 3.63) is 59.3 Å². The monoisotopic (exact) mass is 221 g/mol. The van der Waals surface area contributed by atoms with Gasteiger partial charge in [-0.1, -0.05) is 30.3 Å². The van der Waals surface area contributed by atoms with Crippen LogP contribution >= 0.6 is 0 Å². The van der Waals surface area contributed by atoms with Crippen molar-refractivity contribution in [2.45, 2.75) is 18.8 Å². The van der Waals surface area contributed by atoms with Crippen LogP contribution in [0.2, 0.25) is 0 Å². The minimum absolute atomic E-state index is 0.104. The predicted molar refractivity (Wildman–Crippen MR) is 59.9 cm³/mol. The van der Waals surface area contributed by atoms with E-state index in [4.69, 9.17) is 5.73 Å².